The second kappa shape index (κ2) is 14.4. The van der Waals surface area contributed by atoms with Crippen LogP contribution < -0.4 is 0 Å². The van der Waals surface area contributed by atoms with Crippen LogP contribution in [0.4, 0.5) is 4.39 Å². The van der Waals surface area contributed by atoms with Crippen molar-refractivity contribution in [2.75, 3.05) is 7.11 Å². The van der Waals surface area contributed by atoms with Gasteiger partial charge < -0.3 is 18.3 Å². The van der Waals surface area contributed by atoms with Gasteiger partial charge >= 0.3 is 5.97 Å². The molecule has 2 saturated carbocycles. The van der Waals surface area contributed by atoms with E-state index in [1.54, 1.807) is 0 Å². The van der Waals surface area contributed by atoms with Crippen molar-refractivity contribution >= 4 is 22.6 Å². The number of fused-ring (bicyclic) bond motifs is 1. The summed E-state index contributed by atoms with van der Waals surface area (Å²) in [6.07, 6.45) is 11.7. The highest BCUT2D eigenvalue weighted by atomic mass is 28.4. The summed E-state index contributed by atoms with van der Waals surface area (Å²) >= 11 is 0. The molecule has 0 radical (unpaired) electrons. The van der Waals surface area contributed by atoms with Crippen molar-refractivity contribution < 1.29 is 27.5 Å². The molecule has 0 aromatic heterocycles. The molecule has 2 aliphatic carbocycles. The third-order valence-electron chi connectivity index (χ3n) is 11.5. The van der Waals surface area contributed by atoms with Crippen LogP contribution in [0.2, 0.25) is 36.3 Å². The second-order valence-corrected chi connectivity index (χ2v) is 26.6. The molecule has 0 amide bonds. The molecule has 254 valence electrons. The van der Waals surface area contributed by atoms with E-state index in [0.717, 1.165) is 12.8 Å². The average molecular weight is 653 g/mol. The standard InChI is InChI=1S/C36H65FO5Si2/c1-14-15-16-24(2)21-26(41-43(10,11)35(3,4)5)18-19-27-30(42-44(12,13)36(6,7)8)23-31-32(27)33(37)29(40-31)20-17-25-22-28(25)34(38)39-9/h18-20,24-28,30-33H,14-17,21-23H2,1-13H3/b19-18+,29-20-/t24-,25?,26+,27-,28?,30+,31-,32+,33-/m0/s1. The molecule has 3 fully saturated rings. The lowest BCUT2D eigenvalue weighted by atomic mass is 9.88. The Labute approximate surface area is 271 Å². The average Bonchev–Trinajstić information content (AvgIpc) is 3.51. The minimum absolute atomic E-state index is 0.00386. The Bertz CT molecular complexity index is 1030. The summed E-state index contributed by atoms with van der Waals surface area (Å²) < 4.78 is 41.6. The number of rotatable bonds is 14. The third kappa shape index (κ3) is 9.10. The highest BCUT2D eigenvalue weighted by Crippen LogP contribution is 2.51. The van der Waals surface area contributed by atoms with Crippen molar-refractivity contribution in [2.45, 2.75) is 161 Å². The van der Waals surface area contributed by atoms with Crippen LogP contribution in [0.15, 0.2) is 24.0 Å². The van der Waals surface area contributed by atoms with Crippen molar-refractivity contribution in [3.63, 3.8) is 0 Å². The maximum atomic E-state index is 16.3. The maximum absolute atomic E-state index is 16.3. The van der Waals surface area contributed by atoms with Gasteiger partial charge in [-0.25, -0.2) is 4.39 Å². The molecule has 0 spiro atoms. The molecule has 1 heterocycles. The number of halogens is 1. The first-order chi connectivity index (χ1) is 20.2. The molecular formula is C36H65FO5Si2. The molecule has 9 atom stereocenters. The van der Waals surface area contributed by atoms with Gasteiger partial charge in [-0.3, -0.25) is 4.79 Å². The van der Waals surface area contributed by atoms with Crippen molar-refractivity contribution in [1.29, 1.82) is 0 Å². The van der Waals surface area contributed by atoms with Crippen LogP contribution in [0, 0.1) is 29.6 Å². The van der Waals surface area contributed by atoms with Crippen LogP contribution in [-0.4, -0.2) is 54.2 Å². The van der Waals surface area contributed by atoms with Crippen LogP contribution in [0.25, 0.3) is 0 Å². The van der Waals surface area contributed by atoms with Crippen molar-refractivity contribution in [3.05, 3.63) is 24.0 Å². The normalized spacial score (nSPS) is 31.7. The zero-order chi connectivity index (χ0) is 33.3. The summed E-state index contributed by atoms with van der Waals surface area (Å²) in [5.41, 5.74) is 0. The first-order valence-electron chi connectivity index (χ1n) is 17.3. The second-order valence-electron chi connectivity index (χ2n) is 17.1. The first-order valence-corrected chi connectivity index (χ1v) is 23.2. The van der Waals surface area contributed by atoms with Gasteiger partial charge in [-0.1, -0.05) is 86.8 Å². The molecule has 44 heavy (non-hydrogen) atoms. The third-order valence-corrected chi connectivity index (χ3v) is 20.5. The van der Waals surface area contributed by atoms with E-state index < -0.39 is 22.8 Å². The number of hydrogen-bond acceptors (Lipinski definition) is 5. The Morgan fingerprint density at radius 3 is 2.27 bits per heavy atom. The molecular weight excluding hydrogens is 588 g/mol. The van der Waals surface area contributed by atoms with E-state index in [-0.39, 0.29) is 58.0 Å². The Balaban J connectivity index is 1.88. The number of ether oxygens (including phenoxy) is 2. The summed E-state index contributed by atoms with van der Waals surface area (Å²) in [5.74, 6) is 0.625. The monoisotopic (exact) mass is 652 g/mol. The fourth-order valence-electron chi connectivity index (χ4n) is 6.33. The quantitative estimate of drug-likeness (QED) is 0.106. The molecule has 3 rings (SSSR count). The van der Waals surface area contributed by atoms with Crippen LogP contribution in [0.3, 0.4) is 0 Å². The number of allylic oxidation sites excluding steroid dienone is 2. The first kappa shape index (κ1) is 37.5. The van der Waals surface area contributed by atoms with Gasteiger partial charge in [0.15, 0.2) is 22.8 Å². The molecule has 3 aliphatic rings. The molecule has 0 aromatic rings. The molecule has 0 N–H and O–H groups in total. The molecule has 1 aliphatic heterocycles. The van der Waals surface area contributed by atoms with Gasteiger partial charge in [-0.05, 0) is 73.4 Å². The smallest absolute Gasteiger partial charge is 0.308 e. The van der Waals surface area contributed by atoms with Crippen LogP contribution in [0.1, 0.15) is 100 Å². The van der Waals surface area contributed by atoms with E-state index in [2.05, 4.69) is 93.7 Å². The topological polar surface area (TPSA) is 54.0 Å². The van der Waals surface area contributed by atoms with Gasteiger partial charge in [0.25, 0.3) is 0 Å². The van der Waals surface area contributed by atoms with Gasteiger partial charge in [0.05, 0.1) is 25.2 Å². The van der Waals surface area contributed by atoms with E-state index in [4.69, 9.17) is 18.3 Å². The summed E-state index contributed by atoms with van der Waals surface area (Å²) in [6.45, 7) is 27.4. The minimum atomic E-state index is -2.10. The highest BCUT2D eigenvalue weighted by molar-refractivity contribution is 6.74. The fraction of sp³-hybridized carbons (Fsp3) is 0.861. The molecule has 0 bridgehead atoms. The highest BCUT2D eigenvalue weighted by Gasteiger charge is 2.56. The number of hydrogen-bond donors (Lipinski definition) is 0. The van der Waals surface area contributed by atoms with E-state index in [9.17, 15) is 4.79 Å². The lowest BCUT2D eigenvalue weighted by Gasteiger charge is -2.40. The van der Waals surface area contributed by atoms with E-state index >= 15 is 4.39 Å². The zero-order valence-electron chi connectivity index (χ0n) is 30.3. The molecule has 8 heteroatoms. The molecule has 2 unspecified atom stereocenters. The molecule has 0 aromatic carbocycles. The van der Waals surface area contributed by atoms with Gasteiger partial charge in [0.2, 0.25) is 0 Å². The Morgan fingerprint density at radius 2 is 1.70 bits per heavy atom. The van der Waals surface area contributed by atoms with Gasteiger partial charge in [-0.2, -0.15) is 0 Å². The molecule has 1 saturated heterocycles. The van der Waals surface area contributed by atoms with E-state index in [1.165, 1.54) is 26.4 Å². The zero-order valence-corrected chi connectivity index (χ0v) is 32.3. The SMILES string of the molecule is CCCC[C@H](C)C[C@@H](/C=C/[C@@H]1[C@@H]2[C@H](C[C@H]1O[Si](C)(C)C(C)(C)C)O/C(=C\CC1CC1C(=O)OC)[C@@H]2F)O[Si](C)(C)C(C)(C)C. The van der Waals surface area contributed by atoms with Gasteiger partial charge in [0, 0.05) is 18.3 Å². The number of carbonyl (C=O) groups excluding carboxylic acids is 1. The summed E-state index contributed by atoms with van der Waals surface area (Å²) in [4.78, 5) is 11.9. The maximum Gasteiger partial charge on any atom is 0.308 e. The minimum Gasteiger partial charge on any atom is -0.491 e. The van der Waals surface area contributed by atoms with Crippen molar-refractivity contribution in [2.24, 2.45) is 29.6 Å². The van der Waals surface area contributed by atoms with Crippen molar-refractivity contribution in [3.8, 4) is 0 Å². The van der Waals surface area contributed by atoms with Crippen LogP contribution in [0.5, 0.6) is 0 Å². The lowest BCUT2D eigenvalue weighted by Crippen LogP contribution is -2.45. The predicted molar refractivity (Wildman–Crippen MR) is 184 cm³/mol. The number of esters is 1. The van der Waals surface area contributed by atoms with E-state index in [0.29, 0.717) is 24.5 Å². The molecule has 5 nitrogen and oxygen atoms in total. The predicted octanol–water partition coefficient (Wildman–Crippen LogP) is 10.00. The van der Waals surface area contributed by atoms with E-state index in [1.807, 2.05) is 6.08 Å². The number of carbonyl (C=O) groups is 1. The van der Waals surface area contributed by atoms with Crippen molar-refractivity contribution in [1.82, 2.24) is 0 Å². The number of unbranched alkanes of at least 4 members (excludes halogenated alkanes) is 1. The number of alkyl halides is 1. The Hall–Kier alpha value is -0.966. The Morgan fingerprint density at radius 1 is 1.07 bits per heavy atom. The lowest BCUT2D eigenvalue weighted by molar-refractivity contribution is -0.142. The van der Waals surface area contributed by atoms with Crippen LogP contribution >= 0.6 is 0 Å². The summed E-state index contributed by atoms with van der Waals surface area (Å²) in [6, 6.07) is 0. The van der Waals surface area contributed by atoms with Gasteiger partial charge in [-0.15, -0.1) is 0 Å². The summed E-state index contributed by atoms with van der Waals surface area (Å²) in [5, 5.41) is 0.165. The largest absolute Gasteiger partial charge is 0.491 e. The van der Waals surface area contributed by atoms with Crippen LogP contribution in [-0.2, 0) is 23.1 Å². The fourth-order valence-corrected chi connectivity index (χ4v) is 8.98. The Kier molecular flexibility index (Phi) is 12.3. The number of methoxy groups -OCH3 is 1. The summed E-state index contributed by atoms with van der Waals surface area (Å²) in [7, 11) is -2.69. The van der Waals surface area contributed by atoms with Gasteiger partial charge in [0.1, 0.15) is 11.9 Å².